The Labute approximate surface area is 102 Å². The van der Waals surface area contributed by atoms with Crippen molar-refractivity contribution in [2.24, 2.45) is 0 Å². The van der Waals surface area contributed by atoms with Gasteiger partial charge in [0.1, 0.15) is 5.82 Å². The molecule has 2 N–H and O–H groups in total. The van der Waals surface area contributed by atoms with E-state index in [2.05, 4.69) is 9.97 Å². The average molecular weight is 249 g/mol. The van der Waals surface area contributed by atoms with Crippen molar-refractivity contribution in [2.75, 3.05) is 7.05 Å². The first-order valence-corrected chi connectivity index (χ1v) is 5.15. The summed E-state index contributed by atoms with van der Waals surface area (Å²) in [5.74, 6) is -1.25. The molecule has 94 valence electrons. The lowest BCUT2D eigenvalue weighted by Crippen LogP contribution is -2.26. The molecule has 2 aromatic heterocycles. The van der Waals surface area contributed by atoms with Gasteiger partial charge in [-0.1, -0.05) is 0 Å². The van der Waals surface area contributed by atoms with Gasteiger partial charge in [0, 0.05) is 19.4 Å². The van der Waals surface area contributed by atoms with Crippen molar-refractivity contribution in [3.63, 3.8) is 0 Å². The molecule has 2 aromatic rings. The minimum Gasteiger partial charge on any atom is -0.475 e. The summed E-state index contributed by atoms with van der Waals surface area (Å²) in [6, 6.07) is 2.58. The topological polar surface area (TPSA) is 99.4 Å². The van der Waals surface area contributed by atoms with Gasteiger partial charge in [-0.15, -0.1) is 0 Å². The maximum absolute atomic E-state index is 11.9. The van der Waals surface area contributed by atoms with E-state index in [0.29, 0.717) is 5.82 Å². The molecule has 7 heteroatoms. The van der Waals surface area contributed by atoms with Gasteiger partial charge in [0.05, 0.1) is 6.54 Å². The van der Waals surface area contributed by atoms with E-state index in [1.807, 2.05) is 0 Å². The Kier molecular flexibility index (Phi) is 3.13. The Bertz CT molecular complexity index is 559. The van der Waals surface area contributed by atoms with Gasteiger partial charge in [0.2, 0.25) is 5.76 Å². The van der Waals surface area contributed by atoms with Gasteiger partial charge in [-0.25, -0.2) is 9.78 Å². The van der Waals surface area contributed by atoms with Crippen LogP contribution >= 0.6 is 0 Å². The number of imidazole rings is 1. The highest BCUT2D eigenvalue weighted by Crippen LogP contribution is 2.11. The van der Waals surface area contributed by atoms with Crippen LogP contribution in [0.2, 0.25) is 0 Å². The standard InChI is InChI=1S/C11H11N3O4/c1-14(6-9-12-4-5-13-9)10(15)7-2-3-8(18-7)11(16)17/h2-5H,6H2,1H3,(H,12,13)(H,16,17). The quantitative estimate of drug-likeness (QED) is 0.841. The number of carbonyl (C=O) groups is 2. The van der Waals surface area contributed by atoms with Gasteiger partial charge in [-0.3, -0.25) is 4.79 Å². The fourth-order valence-corrected chi connectivity index (χ4v) is 1.44. The third kappa shape index (κ3) is 2.40. The van der Waals surface area contributed by atoms with Crippen molar-refractivity contribution in [1.29, 1.82) is 0 Å². The fourth-order valence-electron chi connectivity index (χ4n) is 1.44. The molecule has 0 aliphatic carbocycles. The average Bonchev–Trinajstić information content (AvgIpc) is 2.98. The molecule has 0 aliphatic heterocycles. The number of H-pyrrole nitrogens is 1. The molecule has 0 atom stereocenters. The maximum atomic E-state index is 11.9. The highest BCUT2D eigenvalue weighted by Gasteiger charge is 2.18. The molecule has 0 bridgehead atoms. The number of furan rings is 1. The summed E-state index contributed by atoms with van der Waals surface area (Å²) in [4.78, 5) is 30.8. The number of hydrogen-bond acceptors (Lipinski definition) is 4. The minimum atomic E-state index is -1.21. The molecule has 1 amide bonds. The Morgan fingerprint density at radius 3 is 2.72 bits per heavy atom. The number of carboxylic acid groups (broad SMARTS) is 1. The molecule has 0 unspecified atom stereocenters. The first-order valence-electron chi connectivity index (χ1n) is 5.15. The zero-order valence-electron chi connectivity index (χ0n) is 9.58. The number of hydrogen-bond donors (Lipinski definition) is 2. The fraction of sp³-hybridized carbons (Fsp3) is 0.182. The van der Waals surface area contributed by atoms with Crippen molar-refractivity contribution >= 4 is 11.9 Å². The van der Waals surface area contributed by atoms with Crippen LogP contribution in [-0.2, 0) is 6.54 Å². The third-order valence-electron chi connectivity index (χ3n) is 2.32. The van der Waals surface area contributed by atoms with E-state index < -0.39 is 11.9 Å². The summed E-state index contributed by atoms with van der Waals surface area (Å²) in [5, 5.41) is 8.69. The van der Waals surface area contributed by atoms with Crippen molar-refractivity contribution in [3.8, 4) is 0 Å². The second-order valence-corrected chi connectivity index (χ2v) is 3.67. The normalized spacial score (nSPS) is 10.3. The van der Waals surface area contributed by atoms with Gasteiger partial charge >= 0.3 is 5.97 Å². The first kappa shape index (κ1) is 11.9. The number of carbonyl (C=O) groups excluding carboxylic acids is 1. The summed E-state index contributed by atoms with van der Waals surface area (Å²) in [5.41, 5.74) is 0. The number of aromatic nitrogens is 2. The molecule has 0 aliphatic rings. The Morgan fingerprint density at radius 2 is 2.17 bits per heavy atom. The van der Waals surface area contributed by atoms with E-state index in [9.17, 15) is 9.59 Å². The van der Waals surface area contributed by atoms with E-state index in [1.54, 1.807) is 19.4 Å². The molecule has 0 spiro atoms. The molecular formula is C11H11N3O4. The second-order valence-electron chi connectivity index (χ2n) is 3.67. The van der Waals surface area contributed by atoms with Gasteiger partial charge in [0.25, 0.3) is 5.91 Å². The Hall–Kier alpha value is -2.57. The second kappa shape index (κ2) is 4.74. The summed E-state index contributed by atoms with van der Waals surface area (Å²) in [6.45, 7) is 0.287. The molecule has 0 fully saturated rings. The smallest absolute Gasteiger partial charge is 0.371 e. The van der Waals surface area contributed by atoms with Gasteiger partial charge in [0.15, 0.2) is 5.76 Å². The van der Waals surface area contributed by atoms with E-state index >= 15 is 0 Å². The van der Waals surface area contributed by atoms with E-state index in [0.717, 1.165) is 0 Å². The van der Waals surface area contributed by atoms with Crippen molar-refractivity contribution in [3.05, 3.63) is 41.9 Å². The van der Waals surface area contributed by atoms with Gasteiger partial charge in [-0.05, 0) is 12.1 Å². The van der Waals surface area contributed by atoms with Crippen LogP contribution < -0.4 is 0 Å². The molecule has 18 heavy (non-hydrogen) atoms. The van der Waals surface area contributed by atoms with Gasteiger partial charge < -0.3 is 19.4 Å². The minimum absolute atomic E-state index is 0.0125. The predicted molar refractivity (Wildman–Crippen MR) is 60.1 cm³/mol. The molecule has 0 aromatic carbocycles. The lowest BCUT2D eigenvalue weighted by molar-refractivity contribution is 0.0652. The number of amides is 1. The highest BCUT2D eigenvalue weighted by molar-refractivity contribution is 5.93. The summed E-state index contributed by atoms with van der Waals surface area (Å²) in [7, 11) is 1.58. The number of carboxylic acids is 1. The lowest BCUT2D eigenvalue weighted by Gasteiger charge is -2.13. The van der Waals surface area contributed by atoms with Crippen LogP contribution in [0.4, 0.5) is 0 Å². The van der Waals surface area contributed by atoms with Crippen LogP contribution in [0.3, 0.4) is 0 Å². The van der Waals surface area contributed by atoms with Crippen molar-refractivity contribution < 1.29 is 19.1 Å². The molecule has 0 saturated heterocycles. The Morgan fingerprint density at radius 1 is 1.44 bits per heavy atom. The van der Waals surface area contributed by atoms with Crippen molar-refractivity contribution in [2.45, 2.75) is 6.54 Å². The zero-order chi connectivity index (χ0) is 13.1. The van der Waals surface area contributed by atoms with Gasteiger partial charge in [-0.2, -0.15) is 0 Å². The molecule has 2 rings (SSSR count). The summed E-state index contributed by atoms with van der Waals surface area (Å²) < 4.78 is 4.93. The van der Waals surface area contributed by atoms with Crippen LogP contribution in [0.5, 0.6) is 0 Å². The Balaban J connectivity index is 2.08. The number of rotatable bonds is 4. The molecule has 7 nitrogen and oxygen atoms in total. The number of aromatic carboxylic acids is 1. The van der Waals surface area contributed by atoms with Crippen LogP contribution in [0.1, 0.15) is 26.9 Å². The predicted octanol–water partition coefficient (Wildman–Crippen LogP) is 0.973. The molecule has 2 heterocycles. The number of nitrogens with zero attached hydrogens (tertiary/aromatic N) is 2. The third-order valence-corrected chi connectivity index (χ3v) is 2.32. The monoisotopic (exact) mass is 249 g/mol. The zero-order valence-corrected chi connectivity index (χ0v) is 9.58. The number of aromatic amines is 1. The van der Waals surface area contributed by atoms with E-state index in [4.69, 9.17) is 9.52 Å². The largest absolute Gasteiger partial charge is 0.475 e. The summed E-state index contributed by atoms with van der Waals surface area (Å²) in [6.07, 6.45) is 3.24. The van der Waals surface area contributed by atoms with Crippen LogP contribution in [0, 0.1) is 0 Å². The maximum Gasteiger partial charge on any atom is 0.371 e. The lowest BCUT2D eigenvalue weighted by atomic mass is 10.3. The first-order chi connectivity index (χ1) is 8.58. The van der Waals surface area contributed by atoms with E-state index in [1.165, 1.54) is 17.0 Å². The van der Waals surface area contributed by atoms with Crippen LogP contribution in [-0.4, -0.2) is 38.9 Å². The highest BCUT2D eigenvalue weighted by atomic mass is 16.4. The SMILES string of the molecule is CN(Cc1ncc[nH]1)C(=O)c1ccc(C(=O)O)o1. The molecular weight excluding hydrogens is 238 g/mol. The van der Waals surface area contributed by atoms with E-state index in [-0.39, 0.29) is 18.1 Å². The van der Waals surface area contributed by atoms with Crippen molar-refractivity contribution in [1.82, 2.24) is 14.9 Å². The van der Waals surface area contributed by atoms with Crippen LogP contribution in [0.15, 0.2) is 28.9 Å². The summed E-state index contributed by atoms with van der Waals surface area (Å²) >= 11 is 0. The molecule has 0 saturated carbocycles. The molecule has 0 radical (unpaired) electrons. The number of nitrogens with one attached hydrogen (secondary N) is 1. The van der Waals surface area contributed by atoms with Crippen LogP contribution in [0.25, 0.3) is 0 Å².